The largest absolute Gasteiger partial charge is 0.366 e. The quantitative estimate of drug-likeness (QED) is 0.763. The summed E-state index contributed by atoms with van der Waals surface area (Å²) in [7, 11) is 1.88. The molecule has 2 atom stereocenters. The van der Waals surface area contributed by atoms with Crippen molar-refractivity contribution in [1.29, 1.82) is 0 Å². The second-order valence-electron chi connectivity index (χ2n) is 7.22. The second kappa shape index (κ2) is 6.81. The fourth-order valence-electron chi connectivity index (χ4n) is 3.48. The zero-order valence-corrected chi connectivity index (χ0v) is 15.4. The number of fused-ring (bicyclic) bond motifs is 1. The molecule has 7 heteroatoms. The van der Waals surface area contributed by atoms with Crippen LogP contribution in [0.4, 0.5) is 4.39 Å². The molecule has 0 amide bonds. The minimum Gasteiger partial charge on any atom is -0.366 e. The van der Waals surface area contributed by atoms with Crippen molar-refractivity contribution in [3.63, 3.8) is 0 Å². The molecule has 1 saturated heterocycles. The lowest BCUT2D eigenvalue weighted by molar-refractivity contribution is 0.00863. The number of imidazole rings is 1. The predicted molar refractivity (Wildman–Crippen MR) is 97.5 cm³/mol. The molecule has 3 aromatic rings. The van der Waals surface area contributed by atoms with Gasteiger partial charge in [0.05, 0.1) is 17.2 Å². The van der Waals surface area contributed by atoms with Gasteiger partial charge < -0.3 is 9.72 Å². The molecular weight excluding hydrogens is 333 g/mol. The third-order valence-electron chi connectivity index (χ3n) is 5.02. The van der Waals surface area contributed by atoms with Crippen molar-refractivity contribution in [3.8, 4) is 0 Å². The van der Waals surface area contributed by atoms with Crippen molar-refractivity contribution in [2.45, 2.75) is 39.3 Å². The van der Waals surface area contributed by atoms with Crippen LogP contribution in [-0.4, -0.2) is 50.0 Å². The van der Waals surface area contributed by atoms with Gasteiger partial charge in [0.15, 0.2) is 0 Å². The van der Waals surface area contributed by atoms with Gasteiger partial charge in [-0.25, -0.2) is 9.37 Å². The highest BCUT2D eigenvalue weighted by Crippen LogP contribution is 2.21. The first-order valence-electron chi connectivity index (χ1n) is 8.89. The molecule has 1 aliphatic rings. The molecule has 3 heterocycles. The molecule has 0 aliphatic carbocycles. The normalized spacial score (nSPS) is 21.1. The molecule has 1 N–H and O–H groups in total. The topological polar surface area (TPSA) is 59.0 Å². The zero-order valence-electron chi connectivity index (χ0n) is 15.4. The van der Waals surface area contributed by atoms with Gasteiger partial charge in [0.1, 0.15) is 24.7 Å². The van der Waals surface area contributed by atoms with E-state index in [9.17, 15) is 4.39 Å². The Morgan fingerprint density at radius 1 is 1.27 bits per heavy atom. The van der Waals surface area contributed by atoms with Crippen molar-refractivity contribution < 1.29 is 9.13 Å². The van der Waals surface area contributed by atoms with E-state index in [4.69, 9.17) is 4.74 Å². The monoisotopic (exact) mass is 357 g/mol. The first kappa shape index (κ1) is 17.2. The number of aromatic nitrogens is 4. The van der Waals surface area contributed by atoms with Crippen molar-refractivity contribution in [2.24, 2.45) is 7.05 Å². The number of hydrogen-bond acceptors (Lipinski definition) is 4. The van der Waals surface area contributed by atoms with Crippen LogP contribution in [0, 0.1) is 13.8 Å². The fraction of sp³-hybridized carbons (Fsp3) is 0.474. The first-order chi connectivity index (χ1) is 12.5. The van der Waals surface area contributed by atoms with Gasteiger partial charge in [0, 0.05) is 38.4 Å². The standard InChI is InChI=1S/C19H24FN5O/c1-12-4-16-17(5-13(12)2)23-19(22-16)11-26-18-10-25(9-15(18)20)8-14-6-21-24(3)7-14/h4-7,15,18H,8-11H2,1-3H3,(H,22,23). The number of likely N-dealkylation sites (tertiary alicyclic amines) is 1. The Morgan fingerprint density at radius 3 is 2.85 bits per heavy atom. The van der Waals surface area contributed by atoms with E-state index in [2.05, 4.69) is 45.9 Å². The van der Waals surface area contributed by atoms with Crippen LogP contribution in [0.3, 0.4) is 0 Å². The molecule has 0 saturated carbocycles. The minimum atomic E-state index is -0.986. The van der Waals surface area contributed by atoms with Gasteiger partial charge in [-0.15, -0.1) is 0 Å². The highest BCUT2D eigenvalue weighted by Gasteiger charge is 2.33. The van der Waals surface area contributed by atoms with E-state index in [1.807, 2.05) is 19.4 Å². The molecule has 6 nitrogen and oxygen atoms in total. The third-order valence-corrected chi connectivity index (χ3v) is 5.02. The van der Waals surface area contributed by atoms with Crippen LogP contribution in [0.1, 0.15) is 22.5 Å². The SMILES string of the molecule is Cc1cc2nc(COC3CN(Cc4cnn(C)c4)CC3F)[nH]c2cc1C. The van der Waals surface area contributed by atoms with E-state index >= 15 is 0 Å². The summed E-state index contributed by atoms with van der Waals surface area (Å²) in [6, 6.07) is 4.15. The number of H-pyrrole nitrogens is 1. The van der Waals surface area contributed by atoms with Crippen molar-refractivity contribution in [3.05, 3.63) is 47.0 Å². The molecule has 0 bridgehead atoms. The van der Waals surface area contributed by atoms with Gasteiger partial charge in [0.2, 0.25) is 0 Å². The molecule has 1 aromatic carbocycles. The van der Waals surface area contributed by atoms with E-state index in [0.29, 0.717) is 26.2 Å². The molecule has 4 rings (SSSR count). The van der Waals surface area contributed by atoms with E-state index in [1.54, 1.807) is 4.68 Å². The van der Waals surface area contributed by atoms with E-state index in [1.165, 1.54) is 11.1 Å². The van der Waals surface area contributed by atoms with Gasteiger partial charge in [0.25, 0.3) is 0 Å². The number of aryl methyl sites for hydroxylation is 3. The predicted octanol–water partition coefficient (Wildman–Crippen LogP) is 2.65. The molecule has 0 spiro atoms. The summed E-state index contributed by atoms with van der Waals surface area (Å²) in [5.41, 5.74) is 5.44. The van der Waals surface area contributed by atoms with Crippen molar-refractivity contribution >= 4 is 11.0 Å². The average molecular weight is 357 g/mol. The Morgan fingerprint density at radius 2 is 2.08 bits per heavy atom. The van der Waals surface area contributed by atoms with Crippen molar-refractivity contribution in [1.82, 2.24) is 24.6 Å². The second-order valence-corrected chi connectivity index (χ2v) is 7.22. The Labute approximate surface area is 152 Å². The summed E-state index contributed by atoms with van der Waals surface area (Å²) in [4.78, 5) is 9.90. The number of ether oxygens (including phenoxy) is 1. The summed E-state index contributed by atoms with van der Waals surface area (Å²) in [6.07, 6.45) is 2.36. The molecule has 26 heavy (non-hydrogen) atoms. The number of nitrogens with zero attached hydrogens (tertiary/aromatic N) is 4. The lowest BCUT2D eigenvalue weighted by Crippen LogP contribution is -2.24. The number of benzene rings is 1. The van der Waals surface area contributed by atoms with Gasteiger partial charge in [-0.1, -0.05) is 0 Å². The van der Waals surface area contributed by atoms with Gasteiger partial charge >= 0.3 is 0 Å². The number of alkyl halides is 1. The van der Waals surface area contributed by atoms with Gasteiger partial charge in [-0.05, 0) is 37.1 Å². The number of rotatable bonds is 5. The van der Waals surface area contributed by atoms with E-state index in [-0.39, 0.29) is 0 Å². The summed E-state index contributed by atoms with van der Waals surface area (Å²) < 4.78 is 21.9. The number of halogens is 1. The Hall–Kier alpha value is -2.25. The maximum Gasteiger partial charge on any atom is 0.140 e. The Balaban J connectivity index is 1.37. The van der Waals surface area contributed by atoms with Gasteiger partial charge in [-0.2, -0.15) is 5.10 Å². The number of hydrogen-bond donors (Lipinski definition) is 1. The molecule has 2 unspecified atom stereocenters. The molecule has 0 radical (unpaired) electrons. The first-order valence-corrected chi connectivity index (χ1v) is 8.89. The maximum absolute atomic E-state index is 14.3. The summed E-state index contributed by atoms with van der Waals surface area (Å²) in [5, 5.41) is 4.16. The molecule has 1 fully saturated rings. The van der Waals surface area contributed by atoms with Crippen molar-refractivity contribution in [2.75, 3.05) is 13.1 Å². The zero-order chi connectivity index (χ0) is 18.3. The van der Waals surface area contributed by atoms with Crippen LogP contribution < -0.4 is 0 Å². The number of aromatic amines is 1. The minimum absolute atomic E-state index is 0.290. The fourth-order valence-corrected chi connectivity index (χ4v) is 3.48. The van der Waals surface area contributed by atoms with Crippen LogP contribution in [0.25, 0.3) is 11.0 Å². The molecule has 138 valence electrons. The van der Waals surface area contributed by atoms with Crippen LogP contribution in [0.15, 0.2) is 24.5 Å². The van der Waals surface area contributed by atoms with Gasteiger partial charge in [-0.3, -0.25) is 9.58 Å². The summed E-state index contributed by atoms with van der Waals surface area (Å²) in [6.45, 7) is 6.10. The van der Waals surface area contributed by atoms with Crippen LogP contribution in [0.2, 0.25) is 0 Å². The lowest BCUT2D eigenvalue weighted by atomic mass is 10.1. The van der Waals surface area contributed by atoms with Crippen LogP contribution in [0.5, 0.6) is 0 Å². The Bertz CT molecular complexity index is 879. The number of nitrogens with one attached hydrogen (secondary N) is 1. The van der Waals surface area contributed by atoms with E-state index in [0.717, 1.165) is 22.4 Å². The average Bonchev–Trinajstić information content (AvgIpc) is 3.26. The highest BCUT2D eigenvalue weighted by molar-refractivity contribution is 5.77. The molecule has 2 aromatic heterocycles. The molecular formula is C19H24FN5O. The Kier molecular flexibility index (Phi) is 4.50. The smallest absolute Gasteiger partial charge is 0.140 e. The summed E-state index contributed by atoms with van der Waals surface area (Å²) in [5.74, 6) is 0.739. The van der Waals surface area contributed by atoms with Crippen LogP contribution >= 0.6 is 0 Å². The highest BCUT2D eigenvalue weighted by atomic mass is 19.1. The maximum atomic E-state index is 14.3. The van der Waals surface area contributed by atoms with E-state index < -0.39 is 12.3 Å². The summed E-state index contributed by atoms with van der Waals surface area (Å²) >= 11 is 0. The lowest BCUT2D eigenvalue weighted by Gasteiger charge is -2.14. The van der Waals surface area contributed by atoms with Crippen LogP contribution in [-0.2, 0) is 24.9 Å². The third kappa shape index (κ3) is 3.50. The molecule has 1 aliphatic heterocycles.